The van der Waals surface area contributed by atoms with E-state index in [0.29, 0.717) is 13.0 Å². The second kappa shape index (κ2) is 4.59. The predicted octanol–water partition coefficient (Wildman–Crippen LogP) is -0.288. The third-order valence-electron chi connectivity index (χ3n) is 0.679. The normalized spacial score (nSPS) is 8.75. The van der Waals surface area contributed by atoms with Crippen molar-refractivity contribution in [2.45, 2.75) is 6.42 Å². The number of nitrogens with two attached hydrogens (primary N) is 1. The van der Waals surface area contributed by atoms with E-state index < -0.39 is 0 Å². The van der Waals surface area contributed by atoms with Crippen molar-refractivity contribution in [3.05, 3.63) is 6.42 Å². The van der Waals surface area contributed by atoms with Crippen LogP contribution in [-0.2, 0) is 9.53 Å². The first-order valence-corrected chi connectivity index (χ1v) is 2.42. The van der Waals surface area contributed by atoms with Gasteiger partial charge >= 0.3 is 5.97 Å². The van der Waals surface area contributed by atoms with Gasteiger partial charge in [-0.3, -0.25) is 4.79 Å². The molecule has 0 aliphatic carbocycles. The number of hydrogen-bond donors (Lipinski definition) is 1. The highest BCUT2D eigenvalue weighted by molar-refractivity contribution is 5.78. The summed E-state index contributed by atoms with van der Waals surface area (Å²) in [6, 6.07) is 0. The van der Waals surface area contributed by atoms with E-state index in [9.17, 15) is 4.79 Å². The van der Waals surface area contributed by atoms with Gasteiger partial charge in [0.2, 0.25) is 0 Å². The molecule has 2 N–H and O–H groups in total. The van der Waals surface area contributed by atoms with Crippen LogP contribution < -0.4 is 5.73 Å². The molecule has 0 amide bonds. The molecule has 0 aliphatic heterocycles. The highest BCUT2D eigenvalue weighted by Gasteiger charge is 1.96. The number of carbonyl (C=O) groups excluding carboxylic acids is 1. The Morgan fingerprint density at radius 3 is 2.88 bits per heavy atom. The summed E-state index contributed by atoms with van der Waals surface area (Å²) in [5, 5.41) is 0. The van der Waals surface area contributed by atoms with Gasteiger partial charge in [-0.15, -0.1) is 0 Å². The van der Waals surface area contributed by atoms with E-state index in [-0.39, 0.29) is 5.97 Å². The van der Waals surface area contributed by atoms with E-state index in [1.165, 1.54) is 13.5 Å². The molecule has 0 aromatic heterocycles. The minimum Gasteiger partial charge on any atom is -0.469 e. The average Bonchev–Trinajstić information content (AvgIpc) is 1.83. The molecular formula is C5H10NO2. The van der Waals surface area contributed by atoms with Crippen molar-refractivity contribution >= 4 is 5.97 Å². The Labute approximate surface area is 48.8 Å². The fraction of sp³-hybridized carbons (Fsp3) is 0.600. The third-order valence-corrected chi connectivity index (χ3v) is 0.679. The molecule has 0 aromatic rings. The number of ether oxygens (including phenoxy) is 1. The fourth-order valence-electron chi connectivity index (χ4n) is 0.285. The van der Waals surface area contributed by atoms with Gasteiger partial charge in [0.05, 0.1) is 13.5 Å². The van der Waals surface area contributed by atoms with Gasteiger partial charge in [0.15, 0.2) is 0 Å². The van der Waals surface area contributed by atoms with E-state index in [2.05, 4.69) is 4.74 Å². The second-order valence-corrected chi connectivity index (χ2v) is 1.30. The lowest BCUT2D eigenvalue weighted by Crippen LogP contribution is -2.06. The van der Waals surface area contributed by atoms with Gasteiger partial charge in [-0.05, 0) is 13.0 Å². The lowest BCUT2D eigenvalue weighted by atomic mass is 10.3. The molecule has 0 atom stereocenters. The molecule has 0 fully saturated rings. The number of hydrogen-bond acceptors (Lipinski definition) is 3. The zero-order chi connectivity index (χ0) is 6.41. The van der Waals surface area contributed by atoms with Crippen molar-refractivity contribution < 1.29 is 9.53 Å². The molecule has 3 nitrogen and oxygen atoms in total. The van der Waals surface area contributed by atoms with Crippen molar-refractivity contribution in [2.24, 2.45) is 5.73 Å². The average molecular weight is 116 g/mol. The fourth-order valence-corrected chi connectivity index (χ4v) is 0.285. The lowest BCUT2D eigenvalue weighted by molar-refractivity contribution is -0.136. The van der Waals surface area contributed by atoms with Crippen molar-refractivity contribution in [2.75, 3.05) is 13.7 Å². The molecule has 0 unspecified atom stereocenters. The van der Waals surface area contributed by atoms with Crippen molar-refractivity contribution in [1.82, 2.24) is 0 Å². The molecule has 0 aliphatic rings. The summed E-state index contributed by atoms with van der Waals surface area (Å²) in [5.74, 6) is -0.310. The minimum absolute atomic E-state index is 0.310. The molecule has 8 heavy (non-hydrogen) atoms. The molecule has 0 rings (SSSR count). The van der Waals surface area contributed by atoms with Crippen LogP contribution in [0.4, 0.5) is 0 Å². The van der Waals surface area contributed by atoms with Crippen LogP contribution in [0, 0.1) is 6.42 Å². The molecule has 0 heterocycles. The summed E-state index contributed by atoms with van der Waals surface area (Å²) < 4.78 is 4.30. The standard InChI is InChI=1S/C5H10NO2/c1-8-5(7)3-2-4-6/h3H,2,4,6H2,1H3. The quantitative estimate of drug-likeness (QED) is 0.515. The summed E-state index contributed by atoms with van der Waals surface area (Å²) >= 11 is 0. The summed E-state index contributed by atoms with van der Waals surface area (Å²) in [4.78, 5) is 10.2. The summed E-state index contributed by atoms with van der Waals surface area (Å²) in [7, 11) is 1.34. The molecule has 0 bridgehead atoms. The summed E-state index contributed by atoms with van der Waals surface area (Å²) in [5.41, 5.74) is 5.09. The molecule has 0 aromatic carbocycles. The number of esters is 1. The van der Waals surface area contributed by atoms with Gasteiger partial charge < -0.3 is 10.5 Å². The van der Waals surface area contributed by atoms with E-state index >= 15 is 0 Å². The molecule has 0 saturated heterocycles. The first kappa shape index (κ1) is 7.43. The molecule has 47 valence electrons. The van der Waals surface area contributed by atoms with Crippen LogP contribution in [0.5, 0.6) is 0 Å². The van der Waals surface area contributed by atoms with Gasteiger partial charge in [-0.25, -0.2) is 0 Å². The maximum Gasteiger partial charge on any atom is 0.309 e. The Morgan fingerprint density at radius 1 is 1.88 bits per heavy atom. The van der Waals surface area contributed by atoms with Gasteiger partial charge in [0.1, 0.15) is 0 Å². The van der Waals surface area contributed by atoms with Gasteiger partial charge in [-0.2, -0.15) is 0 Å². The van der Waals surface area contributed by atoms with Crippen LogP contribution >= 0.6 is 0 Å². The van der Waals surface area contributed by atoms with Crippen molar-refractivity contribution in [3.63, 3.8) is 0 Å². The monoisotopic (exact) mass is 116 g/mol. The zero-order valence-electron chi connectivity index (χ0n) is 4.89. The van der Waals surface area contributed by atoms with E-state index in [4.69, 9.17) is 5.73 Å². The van der Waals surface area contributed by atoms with E-state index in [1.54, 1.807) is 0 Å². The highest BCUT2D eigenvalue weighted by atomic mass is 16.5. The Bertz CT molecular complexity index is 72.8. The first-order chi connectivity index (χ1) is 3.81. The van der Waals surface area contributed by atoms with Gasteiger partial charge in [0.25, 0.3) is 0 Å². The topological polar surface area (TPSA) is 52.3 Å². The van der Waals surface area contributed by atoms with Crippen LogP contribution in [0.1, 0.15) is 6.42 Å². The third kappa shape index (κ3) is 3.61. The minimum atomic E-state index is -0.310. The summed E-state index contributed by atoms with van der Waals surface area (Å²) in [6.45, 7) is 0.495. The predicted molar refractivity (Wildman–Crippen MR) is 30.0 cm³/mol. The zero-order valence-corrected chi connectivity index (χ0v) is 4.89. The summed E-state index contributed by atoms with van der Waals surface area (Å²) in [6.07, 6.45) is 2.01. The van der Waals surface area contributed by atoms with Gasteiger partial charge in [-0.1, -0.05) is 0 Å². The molecule has 1 radical (unpaired) electrons. The smallest absolute Gasteiger partial charge is 0.309 e. The Hall–Kier alpha value is -0.570. The first-order valence-electron chi connectivity index (χ1n) is 2.42. The molecular weight excluding hydrogens is 106 g/mol. The second-order valence-electron chi connectivity index (χ2n) is 1.30. The number of methoxy groups -OCH3 is 1. The van der Waals surface area contributed by atoms with E-state index in [0.717, 1.165) is 0 Å². The van der Waals surface area contributed by atoms with E-state index in [1.807, 2.05) is 0 Å². The maximum absolute atomic E-state index is 10.2. The van der Waals surface area contributed by atoms with Gasteiger partial charge in [0, 0.05) is 0 Å². The largest absolute Gasteiger partial charge is 0.469 e. The Morgan fingerprint density at radius 2 is 2.50 bits per heavy atom. The molecule has 0 spiro atoms. The van der Waals surface area contributed by atoms with Crippen LogP contribution in [0.15, 0.2) is 0 Å². The van der Waals surface area contributed by atoms with Crippen LogP contribution in [0.25, 0.3) is 0 Å². The lowest BCUT2D eigenvalue weighted by Gasteiger charge is -1.93. The van der Waals surface area contributed by atoms with Crippen LogP contribution in [0.2, 0.25) is 0 Å². The number of rotatable bonds is 3. The molecule has 0 saturated carbocycles. The van der Waals surface area contributed by atoms with Crippen molar-refractivity contribution in [3.8, 4) is 0 Å². The van der Waals surface area contributed by atoms with Crippen LogP contribution in [0.3, 0.4) is 0 Å². The van der Waals surface area contributed by atoms with Crippen molar-refractivity contribution in [1.29, 1.82) is 0 Å². The SMILES string of the molecule is COC(=O)[CH]CCN. The highest BCUT2D eigenvalue weighted by Crippen LogP contribution is 1.85. The Balaban J connectivity index is 2.99. The molecule has 3 heteroatoms. The number of carbonyl (C=O) groups is 1. The van der Waals surface area contributed by atoms with Crippen LogP contribution in [-0.4, -0.2) is 19.6 Å². The Kier molecular flexibility index (Phi) is 4.26. The maximum atomic E-state index is 10.2.